The molecule has 0 fully saturated rings. The van der Waals surface area contributed by atoms with Gasteiger partial charge in [-0.15, -0.1) is 0 Å². The van der Waals surface area contributed by atoms with E-state index in [4.69, 9.17) is 16.2 Å². The van der Waals surface area contributed by atoms with Gasteiger partial charge in [0.2, 0.25) is 0 Å². The van der Waals surface area contributed by atoms with Gasteiger partial charge in [-0.05, 0) is 23.8 Å². The molecule has 0 unspecified atom stereocenters. The summed E-state index contributed by atoms with van der Waals surface area (Å²) in [5.41, 5.74) is 14.2. The van der Waals surface area contributed by atoms with Crippen molar-refractivity contribution in [3.63, 3.8) is 0 Å². The van der Waals surface area contributed by atoms with E-state index in [2.05, 4.69) is 0 Å². The van der Waals surface area contributed by atoms with Gasteiger partial charge in [0.05, 0.1) is 7.11 Å². The Hall–Kier alpha value is -1.22. The average Bonchev–Trinajstić information content (AvgIpc) is 2.05. The van der Waals surface area contributed by atoms with Crippen LogP contribution in [0.25, 0.3) is 0 Å². The highest BCUT2D eigenvalue weighted by Gasteiger charge is 1.98. The Bertz CT molecular complexity index is 248. The molecule has 3 nitrogen and oxygen atoms in total. The molecule has 0 amide bonds. The van der Waals surface area contributed by atoms with Crippen LogP contribution in [0.3, 0.4) is 0 Å². The molecule has 11 heavy (non-hydrogen) atoms. The predicted molar refractivity (Wildman–Crippen MR) is 44.2 cm³/mol. The molecule has 0 heterocycles. The van der Waals surface area contributed by atoms with Crippen LogP contribution in [0.2, 0.25) is 0 Å². The molecule has 1 aromatic rings. The molecule has 59 valence electrons. The third kappa shape index (κ3) is 1.62. The van der Waals surface area contributed by atoms with E-state index in [9.17, 15) is 0 Å². The van der Waals surface area contributed by atoms with Crippen molar-refractivity contribution in [2.75, 3.05) is 12.8 Å². The number of nitrogen functional groups attached to an aromatic ring is 1. The molecule has 0 aliphatic rings. The van der Waals surface area contributed by atoms with Gasteiger partial charge in [0.15, 0.2) is 0 Å². The highest BCUT2D eigenvalue weighted by molar-refractivity contribution is 5.50. The van der Waals surface area contributed by atoms with Gasteiger partial charge >= 0.3 is 0 Å². The summed E-state index contributed by atoms with van der Waals surface area (Å²) in [6.45, 7) is 0.197. The van der Waals surface area contributed by atoms with Gasteiger partial charge in [0.1, 0.15) is 5.75 Å². The zero-order valence-electron chi connectivity index (χ0n) is 6.42. The molecule has 0 bridgehead atoms. The lowest BCUT2D eigenvalue weighted by Crippen LogP contribution is -1.95. The fraction of sp³-hybridized carbons (Fsp3) is 0.250. The third-order valence-electron chi connectivity index (χ3n) is 1.54. The second-order valence-electron chi connectivity index (χ2n) is 2.24. The number of benzene rings is 1. The summed E-state index contributed by atoms with van der Waals surface area (Å²) in [4.78, 5) is 0. The molecule has 1 radical (unpaired) electrons. The van der Waals surface area contributed by atoms with Gasteiger partial charge < -0.3 is 10.5 Å². The maximum Gasteiger partial charge on any atom is 0.119 e. The normalized spacial score (nSPS) is 9.64. The van der Waals surface area contributed by atoms with Crippen molar-refractivity contribution in [2.45, 2.75) is 6.54 Å². The van der Waals surface area contributed by atoms with E-state index in [-0.39, 0.29) is 6.54 Å². The smallest absolute Gasteiger partial charge is 0.119 e. The summed E-state index contributed by atoms with van der Waals surface area (Å²) in [5.74, 6) is 0.751. The van der Waals surface area contributed by atoms with Crippen molar-refractivity contribution in [3.05, 3.63) is 23.8 Å². The number of hydrogen-bond acceptors (Lipinski definition) is 2. The molecule has 0 aromatic heterocycles. The van der Waals surface area contributed by atoms with Gasteiger partial charge in [0.25, 0.3) is 0 Å². The lowest BCUT2D eigenvalue weighted by atomic mass is 10.2. The summed E-state index contributed by atoms with van der Waals surface area (Å²) in [7, 11) is 1.60. The van der Waals surface area contributed by atoms with Crippen molar-refractivity contribution in [2.24, 2.45) is 0 Å². The van der Waals surface area contributed by atoms with Crippen LogP contribution in [-0.4, -0.2) is 7.11 Å². The minimum Gasteiger partial charge on any atom is -0.497 e. The predicted octanol–water partition coefficient (Wildman–Crippen LogP) is 1.06. The largest absolute Gasteiger partial charge is 0.497 e. The standard InChI is InChI=1S/C8H11N2O/c1-11-7-2-3-8(10)6(4-7)5-9/h2-4,9H,5,10H2,1H3. The van der Waals surface area contributed by atoms with Crippen LogP contribution in [-0.2, 0) is 6.54 Å². The van der Waals surface area contributed by atoms with E-state index in [1.165, 1.54) is 0 Å². The van der Waals surface area contributed by atoms with Crippen LogP contribution in [0, 0.1) is 0 Å². The monoisotopic (exact) mass is 151 g/mol. The summed E-state index contributed by atoms with van der Waals surface area (Å²) < 4.78 is 4.97. The second-order valence-corrected chi connectivity index (χ2v) is 2.24. The molecule has 0 atom stereocenters. The molecular weight excluding hydrogens is 140 g/mol. The van der Waals surface area contributed by atoms with Crippen LogP contribution < -0.4 is 16.2 Å². The molecular formula is C8H11N2O. The van der Waals surface area contributed by atoms with Gasteiger partial charge in [-0.25, -0.2) is 0 Å². The Balaban J connectivity index is 3.02. The summed E-state index contributed by atoms with van der Waals surface area (Å²) in [6, 6.07) is 5.32. The Labute approximate surface area is 66.0 Å². The fourth-order valence-corrected chi connectivity index (χ4v) is 0.862. The topological polar surface area (TPSA) is 59.0 Å². The molecule has 1 aromatic carbocycles. The van der Waals surface area contributed by atoms with Gasteiger partial charge in [-0.2, -0.15) is 0 Å². The summed E-state index contributed by atoms with van der Waals surface area (Å²) in [5, 5.41) is 0. The van der Waals surface area contributed by atoms with Gasteiger partial charge in [0, 0.05) is 12.2 Å². The third-order valence-corrected chi connectivity index (χ3v) is 1.54. The SMILES string of the molecule is COc1ccc(N)c(C[NH])c1. The highest BCUT2D eigenvalue weighted by Crippen LogP contribution is 2.18. The van der Waals surface area contributed by atoms with Crippen molar-refractivity contribution >= 4 is 5.69 Å². The van der Waals surface area contributed by atoms with Crippen LogP contribution in [0.15, 0.2) is 18.2 Å². The minimum atomic E-state index is 0.197. The summed E-state index contributed by atoms with van der Waals surface area (Å²) >= 11 is 0. The number of methoxy groups -OCH3 is 1. The lowest BCUT2D eigenvalue weighted by molar-refractivity contribution is 0.414. The highest BCUT2D eigenvalue weighted by atomic mass is 16.5. The quantitative estimate of drug-likeness (QED) is 0.642. The minimum absolute atomic E-state index is 0.197. The number of nitrogens with two attached hydrogens (primary N) is 1. The molecule has 3 N–H and O–H groups in total. The van der Waals surface area contributed by atoms with Crippen molar-refractivity contribution in [1.29, 1.82) is 0 Å². The molecule has 1 rings (SSSR count). The maximum absolute atomic E-state index is 7.12. The Morgan fingerprint density at radius 1 is 1.55 bits per heavy atom. The molecule has 0 aliphatic heterocycles. The number of ether oxygens (including phenoxy) is 1. The summed E-state index contributed by atoms with van der Waals surface area (Å²) in [6.07, 6.45) is 0. The molecule has 0 saturated heterocycles. The van der Waals surface area contributed by atoms with Crippen LogP contribution in [0.5, 0.6) is 5.75 Å². The first kappa shape index (κ1) is 7.88. The molecule has 0 saturated carbocycles. The van der Waals surface area contributed by atoms with Crippen molar-refractivity contribution < 1.29 is 4.74 Å². The molecule has 0 spiro atoms. The van der Waals surface area contributed by atoms with E-state index >= 15 is 0 Å². The van der Waals surface area contributed by atoms with Crippen molar-refractivity contribution in [1.82, 2.24) is 5.73 Å². The Morgan fingerprint density at radius 2 is 2.27 bits per heavy atom. The van der Waals surface area contributed by atoms with Gasteiger partial charge in [-0.3, -0.25) is 5.73 Å². The fourth-order valence-electron chi connectivity index (χ4n) is 0.862. The zero-order valence-corrected chi connectivity index (χ0v) is 6.42. The first-order chi connectivity index (χ1) is 5.27. The number of anilines is 1. The van der Waals surface area contributed by atoms with E-state index < -0.39 is 0 Å². The van der Waals surface area contributed by atoms with E-state index in [1.807, 2.05) is 0 Å². The van der Waals surface area contributed by atoms with Crippen LogP contribution in [0.1, 0.15) is 5.56 Å². The van der Waals surface area contributed by atoms with E-state index in [1.54, 1.807) is 25.3 Å². The second kappa shape index (κ2) is 3.25. The first-order valence-electron chi connectivity index (χ1n) is 3.35. The first-order valence-corrected chi connectivity index (χ1v) is 3.35. The van der Waals surface area contributed by atoms with E-state index in [0.717, 1.165) is 11.3 Å². The number of hydrogen-bond donors (Lipinski definition) is 1. The molecule has 3 heteroatoms. The van der Waals surface area contributed by atoms with E-state index in [0.29, 0.717) is 5.69 Å². The van der Waals surface area contributed by atoms with Crippen LogP contribution >= 0.6 is 0 Å². The number of nitrogens with one attached hydrogen (secondary N) is 1. The lowest BCUT2D eigenvalue weighted by Gasteiger charge is -2.04. The average molecular weight is 151 g/mol. The number of rotatable bonds is 2. The zero-order chi connectivity index (χ0) is 8.27. The maximum atomic E-state index is 7.12. The Morgan fingerprint density at radius 3 is 2.82 bits per heavy atom. The van der Waals surface area contributed by atoms with Gasteiger partial charge in [-0.1, -0.05) is 0 Å². The van der Waals surface area contributed by atoms with Crippen molar-refractivity contribution in [3.8, 4) is 5.75 Å². The Kier molecular flexibility index (Phi) is 2.33. The van der Waals surface area contributed by atoms with Crippen LogP contribution in [0.4, 0.5) is 5.69 Å². The molecule has 0 aliphatic carbocycles.